The van der Waals surface area contributed by atoms with Crippen molar-refractivity contribution in [3.63, 3.8) is 0 Å². The highest BCUT2D eigenvalue weighted by molar-refractivity contribution is 5.93. The Hall–Kier alpha value is -6.70. The van der Waals surface area contributed by atoms with Crippen LogP contribution in [-0.4, -0.2) is 91.1 Å². The van der Waals surface area contributed by atoms with Gasteiger partial charge in [-0.3, -0.25) is 9.59 Å². The van der Waals surface area contributed by atoms with Crippen LogP contribution in [-0.2, 0) is 14.3 Å². The molecular weight excluding hydrogens is 773 g/mol. The van der Waals surface area contributed by atoms with Gasteiger partial charge in [-0.25, -0.2) is 19.6 Å². The highest BCUT2D eigenvalue weighted by Crippen LogP contribution is 2.36. The molecule has 2 unspecified atom stereocenters. The molecule has 0 aliphatic carbocycles. The van der Waals surface area contributed by atoms with Crippen LogP contribution in [0.1, 0.15) is 77.1 Å². The molecule has 2 aliphatic heterocycles. The molecule has 0 saturated carbocycles. The lowest BCUT2D eigenvalue weighted by Gasteiger charge is -2.29. The van der Waals surface area contributed by atoms with Gasteiger partial charge in [-0.05, 0) is 100 Å². The van der Waals surface area contributed by atoms with Crippen molar-refractivity contribution in [3.05, 3.63) is 96.7 Å². The van der Waals surface area contributed by atoms with E-state index in [1.165, 1.54) is 7.11 Å². The van der Waals surface area contributed by atoms with Gasteiger partial charge in [-0.15, -0.1) is 0 Å². The number of hydrogen-bond donors (Lipinski definition) is 5. The van der Waals surface area contributed by atoms with Crippen molar-refractivity contribution >= 4 is 45.8 Å². The average molecular weight is 825 g/mol. The van der Waals surface area contributed by atoms with Crippen molar-refractivity contribution in [1.82, 2.24) is 40.4 Å². The van der Waals surface area contributed by atoms with Crippen molar-refractivity contribution in [2.24, 2.45) is 11.8 Å². The number of amides is 4. The zero-order valence-electron chi connectivity index (χ0n) is 35.1. The maximum atomic E-state index is 13.7. The summed E-state index contributed by atoms with van der Waals surface area (Å²) in [6.45, 7) is 8.63. The van der Waals surface area contributed by atoms with Gasteiger partial charge in [0, 0.05) is 13.1 Å². The predicted octanol–water partition coefficient (Wildman–Crippen LogP) is 8.44. The number of alkyl carbamates (subject to hydrolysis) is 1. The van der Waals surface area contributed by atoms with E-state index in [9.17, 15) is 24.3 Å². The Labute approximate surface area is 354 Å². The highest BCUT2D eigenvalue weighted by atomic mass is 16.5. The Bertz CT molecular complexity index is 2600. The van der Waals surface area contributed by atoms with Gasteiger partial charge in [-0.2, -0.15) is 0 Å². The van der Waals surface area contributed by atoms with Crippen LogP contribution >= 0.6 is 0 Å². The Balaban J connectivity index is 0.980. The monoisotopic (exact) mass is 824 g/mol. The number of likely N-dealkylation sites (tertiary alicyclic amines) is 2. The predicted molar refractivity (Wildman–Crippen MR) is 233 cm³/mol. The van der Waals surface area contributed by atoms with E-state index in [-0.39, 0.29) is 35.7 Å². The number of carbonyl (C=O) groups is 4. The number of aromatic amines is 2. The van der Waals surface area contributed by atoms with Gasteiger partial charge in [0.05, 0.1) is 42.1 Å². The molecule has 2 fully saturated rings. The molecule has 14 nitrogen and oxygen atoms in total. The number of nitrogens with zero attached hydrogens (tertiary/aromatic N) is 4. The van der Waals surface area contributed by atoms with Gasteiger partial charge >= 0.3 is 12.2 Å². The Kier molecular flexibility index (Phi) is 11.5. The largest absolute Gasteiger partial charge is 0.465 e. The molecule has 6 aromatic rings. The van der Waals surface area contributed by atoms with E-state index in [0.717, 1.165) is 86.8 Å². The summed E-state index contributed by atoms with van der Waals surface area (Å²) in [5.74, 6) is 0.762. The molecule has 4 aromatic carbocycles. The first-order valence-electron chi connectivity index (χ1n) is 21.0. The molecule has 2 aromatic heterocycles. The summed E-state index contributed by atoms with van der Waals surface area (Å²) in [6.07, 6.45) is 3.14. The molecule has 0 bridgehead atoms. The molecule has 4 amide bonds. The minimum atomic E-state index is -1.21. The summed E-state index contributed by atoms with van der Waals surface area (Å²) in [5.41, 5.74) is 7.79. The van der Waals surface area contributed by atoms with E-state index >= 15 is 0 Å². The number of carbonyl (C=O) groups excluding carboxylic acids is 3. The number of ether oxygens (including phenoxy) is 1. The van der Waals surface area contributed by atoms with Crippen molar-refractivity contribution in [2.75, 3.05) is 20.2 Å². The molecule has 2 saturated heterocycles. The average Bonchev–Trinajstić information content (AvgIpc) is 4.10. The number of rotatable bonds is 11. The summed E-state index contributed by atoms with van der Waals surface area (Å²) in [5, 5.41) is 16.7. The summed E-state index contributed by atoms with van der Waals surface area (Å²) in [7, 11) is 1.29. The normalized spacial score (nSPS) is 17.6. The number of nitrogens with one attached hydrogen (secondary N) is 4. The van der Waals surface area contributed by atoms with Crippen LogP contribution < -0.4 is 10.6 Å². The van der Waals surface area contributed by atoms with Crippen LogP contribution in [0.25, 0.3) is 55.3 Å². The lowest BCUT2D eigenvalue weighted by molar-refractivity contribution is -0.136. The topological polar surface area (TPSA) is 186 Å². The van der Waals surface area contributed by atoms with Crippen LogP contribution in [0, 0.1) is 11.8 Å². The zero-order valence-corrected chi connectivity index (χ0v) is 35.1. The number of benzene rings is 4. The van der Waals surface area contributed by atoms with Crippen LogP contribution in [0.15, 0.2) is 85.1 Å². The molecule has 61 heavy (non-hydrogen) atoms. The first-order valence-corrected chi connectivity index (χ1v) is 21.0. The van der Waals surface area contributed by atoms with E-state index in [1.807, 2.05) is 38.7 Å². The highest BCUT2D eigenvalue weighted by Gasteiger charge is 2.39. The Morgan fingerprint density at radius 3 is 1.84 bits per heavy atom. The Morgan fingerprint density at radius 1 is 0.689 bits per heavy atom. The second-order valence-corrected chi connectivity index (χ2v) is 16.8. The molecule has 0 radical (unpaired) electrons. The fourth-order valence-corrected chi connectivity index (χ4v) is 8.80. The second kappa shape index (κ2) is 17.1. The summed E-state index contributed by atoms with van der Waals surface area (Å²) < 4.78 is 4.78. The third kappa shape index (κ3) is 8.39. The Morgan fingerprint density at radius 2 is 1.23 bits per heavy atom. The molecule has 8 rings (SSSR count). The van der Waals surface area contributed by atoms with Gasteiger partial charge in [0.25, 0.3) is 0 Å². The first-order chi connectivity index (χ1) is 29.4. The summed E-state index contributed by atoms with van der Waals surface area (Å²) >= 11 is 0. The standard InChI is InChI=1S/C47H52N8O6/c1-26(2)40(52-46(58)59)44(56)54-20-6-8-38(54)42-48-25-37(51-42)30-14-10-28(11-15-30)31-16-12-29-13-17-32(23-34(29)22-31)33-18-19-35-36(24-33)50-43(49-35)39-9-7-21-55(39)45(57)41(27(3)4)53-47(60)61-5/h10-19,22-27,38-41,52H,6-9,20-21H2,1-5H3,(H,48,51)(H,49,50)(H,53,60)(H,58,59)/t38-,39-,40?,41?/m0/s1. The van der Waals surface area contributed by atoms with Gasteiger partial charge in [0.2, 0.25) is 11.8 Å². The number of H-pyrrole nitrogens is 2. The van der Waals surface area contributed by atoms with Gasteiger partial charge in [0.1, 0.15) is 23.7 Å². The minimum absolute atomic E-state index is 0.112. The molecule has 5 N–H and O–H groups in total. The van der Waals surface area contributed by atoms with E-state index in [1.54, 1.807) is 11.1 Å². The second-order valence-electron chi connectivity index (χ2n) is 16.8. The van der Waals surface area contributed by atoms with Crippen LogP contribution in [0.5, 0.6) is 0 Å². The van der Waals surface area contributed by atoms with Crippen molar-refractivity contribution < 1.29 is 29.0 Å². The SMILES string of the molecule is COC(=O)NC(C(=O)N1CCC[C@H]1c1nc2ccc(-c3ccc4ccc(-c5ccc(-c6cnc([C@@H]7CCCN7C(=O)C(NC(=O)O)C(C)C)[nH]6)cc5)cc4c3)cc2[nH]1)C(C)C. The molecule has 4 atom stereocenters. The van der Waals surface area contributed by atoms with Crippen molar-refractivity contribution in [2.45, 2.75) is 77.5 Å². The van der Waals surface area contributed by atoms with Gasteiger partial charge < -0.3 is 40.2 Å². The fourth-order valence-electron chi connectivity index (χ4n) is 8.80. The van der Waals surface area contributed by atoms with Crippen LogP contribution in [0.4, 0.5) is 9.59 Å². The van der Waals surface area contributed by atoms with E-state index in [0.29, 0.717) is 18.9 Å². The number of aromatic nitrogens is 4. The van der Waals surface area contributed by atoms with Crippen molar-refractivity contribution in [3.8, 4) is 33.5 Å². The lowest BCUT2D eigenvalue weighted by Crippen LogP contribution is -2.51. The van der Waals surface area contributed by atoms with Gasteiger partial charge in [0.15, 0.2) is 0 Å². The molecule has 2 aliphatic rings. The fraction of sp³-hybridized carbons (Fsp3) is 0.362. The number of methoxy groups -OCH3 is 1. The van der Waals surface area contributed by atoms with Crippen LogP contribution in [0.3, 0.4) is 0 Å². The quantitative estimate of drug-likeness (QED) is 0.0862. The number of hydrogen-bond acceptors (Lipinski definition) is 7. The maximum Gasteiger partial charge on any atom is 0.407 e. The van der Waals surface area contributed by atoms with E-state index in [4.69, 9.17) is 9.72 Å². The lowest BCUT2D eigenvalue weighted by atomic mass is 9.97. The number of imidazole rings is 2. The minimum Gasteiger partial charge on any atom is -0.465 e. The van der Waals surface area contributed by atoms with Crippen molar-refractivity contribution in [1.29, 1.82) is 0 Å². The molecular formula is C47H52N8O6. The number of fused-ring (bicyclic) bond motifs is 2. The van der Waals surface area contributed by atoms with E-state index < -0.39 is 24.3 Å². The third-order valence-electron chi connectivity index (χ3n) is 12.1. The summed E-state index contributed by atoms with van der Waals surface area (Å²) in [4.78, 5) is 70.6. The van der Waals surface area contributed by atoms with E-state index in [2.05, 4.69) is 98.4 Å². The van der Waals surface area contributed by atoms with Gasteiger partial charge in [-0.1, -0.05) is 82.3 Å². The molecule has 14 heteroatoms. The molecule has 316 valence electrons. The smallest absolute Gasteiger partial charge is 0.407 e. The zero-order chi connectivity index (χ0) is 42.9. The first kappa shape index (κ1) is 41.1. The van der Waals surface area contributed by atoms with Crippen LogP contribution in [0.2, 0.25) is 0 Å². The summed E-state index contributed by atoms with van der Waals surface area (Å²) in [6, 6.07) is 25.5. The third-order valence-corrected chi connectivity index (χ3v) is 12.1. The molecule has 0 spiro atoms. The maximum absolute atomic E-state index is 13.7. The number of carboxylic acid groups (broad SMARTS) is 1. The molecule has 4 heterocycles.